The molecule has 0 bridgehead atoms. The molecule has 1 aromatic heterocycles. The Labute approximate surface area is 92.5 Å². The van der Waals surface area contributed by atoms with Gasteiger partial charge in [-0.1, -0.05) is 11.6 Å². The summed E-state index contributed by atoms with van der Waals surface area (Å²) in [5, 5.41) is 9.50. The average Bonchev–Trinajstić information content (AvgIpc) is 2.12. The molecule has 1 aromatic rings. The Morgan fingerprint density at radius 2 is 2.33 bits per heavy atom. The van der Waals surface area contributed by atoms with Gasteiger partial charge in [0, 0.05) is 25.0 Å². The largest absolute Gasteiger partial charge is 0.389 e. The van der Waals surface area contributed by atoms with Crippen LogP contribution in [0.2, 0.25) is 5.02 Å². The van der Waals surface area contributed by atoms with Gasteiger partial charge in [-0.05, 0) is 13.0 Å². The number of β-amino-alcohol motifs (C(OH)–C–C–N with tert-alkyl or cyclic N) is 1. The average molecular weight is 227 g/mol. The monoisotopic (exact) mass is 226 g/mol. The third kappa shape index (κ3) is 1.96. The number of hydrogen-bond donors (Lipinski definition) is 1. The Morgan fingerprint density at radius 3 is 2.87 bits per heavy atom. The van der Waals surface area contributed by atoms with Crippen molar-refractivity contribution >= 4 is 17.5 Å². The molecule has 2 heterocycles. The third-order valence-electron chi connectivity index (χ3n) is 2.37. The standard InChI is InChI=1S/C10H11ClN2O2/c1-6-2-9(11)8(3-12-6)10(15)13-4-7(14)5-13/h2-3,7,14H,4-5H2,1H3. The van der Waals surface area contributed by atoms with E-state index in [9.17, 15) is 4.79 Å². The highest BCUT2D eigenvalue weighted by Crippen LogP contribution is 2.20. The van der Waals surface area contributed by atoms with Crippen LogP contribution in [0.1, 0.15) is 16.1 Å². The van der Waals surface area contributed by atoms with E-state index >= 15 is 0 Å². The summed E-state index contributed by atoms with van der Waals surface area (Å²) in [7, 11) is 0. The lowest BCUT2D eigenvalue weighted by molar-refractivity contribution is 0.00587. The van der Waals surface area contributed by atoms with Gasteiger partial charge < -0.3 is 10.0 Å². The van der Waals surface area contributed by atoms with Crippen LogP contribution in [-0.4, -0.2) is 40.1 Å². The first-order chi connectivity index (χ1) is 7.08. The predicted molar refractivity (Wildman–Crippen MR) is 55.9 cm³/mol. The number of aromatic nitrogens is 1. The van der Waals surface area contributed by atoms with E-state index in [-0.39, 0.29) is 5.91 Å². The highest BCUT2D eigenvalue weighted by molar-refractivity contribution is 6.33. The zero-order valence-electron chi connectivity index (χ0n) is 8.27. The van der Waals surface area contributed by atoms with E-state index in [4.69, 9.17) is 16.7 Å². The SMILES string of the molecule is Cc1cc(Cl)c(C(=O)N2CC(O)C2)cn1. The van der Waals surface area contributed by atoms with Gasteiger partial charge >= 0.3 is 0 Å². The first-order valence-corrected chi connectivity index (χ1v) is 5.05. The van der Waals surface area contributed by atoms with Gasteiger partial charge in [0.05, 0.1) is 16.7 Å². The zero-order chi connectivity index (χ0) is 11.0. The van der Waals surface area contributed by atoms with E-state index in [1.807, 2.05) is 6.92 Å². The number of aliphatic hydroxyl groups is 1. The molecule has 4 nitrogen and oxygen atoms in total. The Morgan fingerprint density at radius 1 is 1.67 bits per heavy atom. The predicted octanol–water partition coefficient (Wildman–Crippen LogP) is 0.860. The molecular weight excluding hydrogens is 216 g/mol. The molecule has 0 aliphatic carbocycles. The Hall–Kier alpha value is -1.13. The van der Waals surface area contributed by atoms with Crippen molar-refractivity contribution in [3.63, 3.8) is 0 Å². The van der Waals surface area contributed by atoms with Gasteiger partial charge in [-0.15, -0.1) is 0 Å². The van der Waals surface area contributed by atoms with Gasteiger partial charge in [0.2, 0.25) is 0 Å². The van der Waals surface area contributed by atoms with E-state index in [0.29, 0.717) is 23.7 Å². The minimum Gasteiger partial charge on any atom is -0.389 e. The topological polar surface area (TPSA) is 53.4 Å². The molecule has 2 rings (SSSR count). The second-order valence-electron chi connectivity index (χ2n) is 3.67. The van der Waals surface area contributed by atoms with Gasteiger partial charge in [-0.25, -0.2) is 0 Å². The summed E-state index contributed by atoms with van der Waals surface area (Å²) in [6, 6.07) is 1.66. The molecule has 0 radical (unpaired) electrons. The summed E-state index contributed by atoms with van der Waals surface area (Å²) < 4.78 is 0. The number of halogens is 1. The lowest BCUT2D eigenvalue weighted by Gasteiger charge is -2.35. The Kier molecular flexibility index (Phi) is 2.63. The maximum absolute atomic E-state index is 11.8. The van der Waals surface area contributed by atoms with E-state index < -0.39 is 6.10 Å². The first kappa shape index (κ1) is 10.4. The van der Waals surface area contributed by atoms with Crippen LogP contribution in [0.4, 0.5) is 0 Å². The summed E-state index contributed by atoms with van der Waals surface area (Å²) in [4.78, 5) is 17.4. The van der Waals surface area contributed by atoms with Crippen molar-refractivity contribution in [2.75, 3.05) is 13.1 Å². The fourth-order valence-corrected chi connectivity index (χ4v) is 1.76. The number of aryl methyl sites for hydroxylation is 1. The van der Waals surface area contributed by atoms with Crippen molar-refractivity contribution in [3.05, 3.63) is 28.5 Å². The van der Waals surface area contributed by atoms with E-state index in [0.717, 1.165) is 5.69 Å². The molecule has 0 atom stereocenters. The molecule has 1 N–H and O–H groups in total. The molecule has 80 valence electrons. The molecule has 1 saturated heterocycles. The van der Waals surface area contributed by atoms with Crippen LogP contribution in [0.15, 0.2) is 12.3 Å². The quantitative estimate of drug-likeness (QED) is 0.773. The van der Waals surface area contributed by atoms with Crippen LogP contribution in [0.3, 0.4) is 0 Å². The maximum Gasteiger partial charge on any atom is 0.257 e. The molecule has 1 amide bonds. The second kappa shape index (κ2) is 3.79. The number of hydrogen-bond acceptors (Lipinski definition) is 3. The number of carbonyl (C=O) groups excluding carboxylic acids is 1. The summed E-state index contributed by atoms with van der Waals surface area (Å²) in [5.74, 6) is -0.169. The van der Waals surface area contributed by atoms with Crippen LogP contribution < -0.4 is 0 Å². The Bertz CT molecular complexity index is 402. The van der Waals surface area contributed by atoms with Gasteiger partial charge in [0.15, 0.2) is 0 Å². The normalized spacial score (nSPS) is 16.3. The minimum atomic E-state index is -0.397. The summed E-state index contributed by atoms with van der Waals surface area (Å²) in [6.45, 7) is 2.57. The fraction of sp³-hybridized carbons (Fsp3) is 0.400. The third-order valence-corrected chi connectivity index (χ3v) is 2.68. The van der Waals surface area contributed by atoms with Crippen LogP contribution >= 0.6 is 11.6 Å². The maximum atomic E-state index is 11.8. The molecule has 1 aliphatic heterocycles. The number of carbonyl (C=O) groups is 1. The summed E-state index contributed by atoms with van der Waals surface area (Å²) in [6.07, 6.45) is 1.08. The van der Waals surface area contributed by atoms with Crippen LogP contribution in [-0.2, 0) is 0 Å². The highest BCUT2D eigenvalue weighted by Gasteiger charge is 2.30. The van der Waals surface area contributed by atoms with Crippen molar-refractivity contribution in [2.45, 2.75) is 13.0 Å². The number of rotatable bonds is 1. The molecule has 1 fully saturated rings. The van der Waals surface area contributed by atoms with E-state index in [2.05, 4.69) is 4.98 Å². The molecule has 5 heteroatoms. The van der Waals surface area contributed by atoms with Gasteiger partial charge in [0.25, 0.3) is 5.91 Å². The van der Waals surface area contributed by atoms with Crippen LogP contribution in [0, 0.1) is 6.92 Å². The van der Waals surface area contributed by atoms with Gasteiger partial charge in [-0.2, -0.15) is 0 Å². The van der Waals surface area contributed by atoms with Crippen molar-refractivity contribution in [2.24, 2.45) is 0 Å². The number of aliphatic hydroxyl groups excluding tert-OH is 1. The summed E-state index contributed by atoms with van der Waals surface area (Å²) >= 11 is 5.94. The first-order valence-electron chi connectivity index (χ1n) is 4.67. The minimum absolute atomic E-state index is 0.169. The summed E-state index contributed by atoms with van der Waals surface area (Å²) in [5.41, 5.74) is 1.18. The molecule has 0 spiro atoms. The molecule has 0 aromatic carbocycles. The van der Waals surface area contributed by atoms with Crippen LogP contribution in [0.25, 0.3) is 0 Å². The molecular formula is C10H11ClN2O2. The fourth-order valence-electron chi connectivity index (χ4n) is 1.48. The molecule has 1 aliphatic rings. The molecule has 0 unspecified atom stereocenters. The number of amides is 1. The lowest BCUT2D eigenvalue weighted by Crippen LogP contribution is -2.53. The number of pyridine rings is 1. The van der Waals surface area contributed by atoms with Crippen molar-refractivity contribution in [3.8, 4) is 0 Å². The molecule has 0 saturated carbocycles. The van der Waals surface area contributed by atoms with Crippen molar-refractivity contribution in [1.29, 1.82) is 0 Å². The second-order valence-corrected chi connectivity index (χ2v) is 4.08. The van der Waals surface area contributed by atoms with E-state index in [1.54, 1.807) is 11.0 Å². The van der Waals surface area contributed by atoms with Crippen LogP contribution in [0.5, 0.6) is 0 Å². The van der Waals surface area contributed by atoms with Gasteiger partial charge in [-0.3, -0.25) is 9.78 Å². The lowest BCUT2D eigenvalue weighted by atomic mass is 10.1. The highest BCUT2D eigenvalue weighted by atomic mass is 35.5. The Balaban J connectivity index is 2.19. The number of nitrogens with zero attached hydrogens (tertiary/aromatic N) is 2. The number of likely N-dealkylation sites (tertiary alicyclic amines) is 1. The zero-order valence-corrected chi connectivity index (χ0v) is 9.03. The molecule has 15 heavy (non-hydrogen) atoms. The van der Waals surface area contributed by atoms with Crippen molar-refractivity contribution < 1.29 is 9.90 Å². The van der Waals surface area contributed by atoms with Crippen molar-refractivity contribution in [1.82, 2.24) is 9.88 Å². The smallest absolute Gasteiger partial charge is 0.257 e. The van der Waals surface area contributed by atoms with E-state index in [1.165, 1.54) is 6.20 Å². The van der Waals surface area contributed by atoms with Gasteiger partial charge in [0.1, 0.15) is 0 Å².